The average molecular weight is 315 g/mol. The molecule has 1 aromatic carbocycles. The second-order valence-corrected chi connectivity index (χ2v) is 6.70. The Morgan fingerprint density at radius 3 is 1.91 bits per heavy atom. The maximum absolute atomic E-state index is 5.88. The van der Waals surface area contributed by atoms with Gasteiger partial charge in [0, 0.05) is 5.41 Å². The number of benzene rings is 1. The highest BCUT2D eigenvalue weighted by molar-refractivity contribution is 5.42. The fraction of sp³-hybridized carbons (Fsp3) is 0.455. The summed E-state index contributed by atoms with van der Waals surface area (Å²) in [6, 6.07) is 8.39. The highest BCUT2D eigenvalue weighted by Crippen LogP contribution is 2.33. The van der Waals surface area contributed by atoms with E-state index in [9.17, 15) is 0 Å². The van der Waals surface area contributed by atoms with Crippen molar-refractivity contribution in [2.45, 2.75) is 66.4 Å². The fourth-order valence-corrected chi connectivity index (χ4v) is 2.30. The molecule has 0 bridgehead atoms. The van der Waals surface area contributed by atoms with Crippen LogP contribution in [0, 0.1) is 0 Å². The Morgan fingerprint density at radius 2 is 1.52 bits per heavy atom. The lowest BCUT2D eigenvalue weighted by molar-refractivity contribution is 0.131. The van der Waals surface area contributed by atoms with Crippen LogP contribution in [0.2, 0.25) is 0 Å². The highest BCUT2D eigenvalue weighted by atomic mass is 16.5. The van der Waals surface area contributed by atoms with Crippen molar-refractivity contribution in [1.29, 1.82) is 0 Å². The van der Waals surface area contributed by atoms with Crippen LogP contribution in [0.3, 0.4) is 0 Å². The first-order chi connectivity index (χ1) is 10.7. The molecule has 0 aliphatic heterocycles. The number of ether oxygens (including phenoxy) is 1. The van der Waals surface area contributed by atoms with E-state index in [-0.39, 0.29) is 11.0 Å². The zero-order valence-electron chi connectivity index (χ0n) is 16.2. The second kappa shape index (κ2) is 9.39. The summed E-state index contributed by atoms with van der Waals surface area (Å²) in [4.78, 5) is 0. The van der Waals surface area contributed by atoms with Gasteiger partial charge < -0.3 is 4.74 Å². The molecule has 0 aromatic heterocycles. The van der Waals surface area contributed by atoms with Gasteiger partial charge in [0.05, 0.1) is 0 Å². The molecule has 1 heteroatoms. The van der Waals surface area contributed by atoms with Crippen molar-refractivity contribution in [3.8, 4) is 5.75 Å². The summed E-state index contributed by atoms with van der Waals surface area (Å²) in [7, 11) is 0. The molecule has 0 aliphatic carbocycles. The number of hydrogen-bond acceptors (Lipinski definition) is 1. The monoisotopic (exact) mass is 314 g/mol. The van der Waals surface area contributed by atoms with Crippen molar-refractivity contribution in [2.24, 2.45) is 0 Å². The number of rotatable bonds is 5. The Balaban J connectivity index is 0.00000232. The Morgan fingerprint density at radius 1 is 1.00 bits per heavy atom. The van der Waals surface area contributed by atoms with Crippen molar-refractivity contribution in [3.63, 3.8) is 0 Å². The van der Waals surface area contributed by atoms with E-state index in [0.29, 0.717) is 0 Å². The summed E-state index contributed by atoms with van der Waals surface area (Å²) in [5.41, 5.74) is 2.32. The molecule has 1 nitrogen and oxygen atoms in total. The molecule has 1 rings (SSSR count). The lowest BCUT2D eigenvalue weighted by Gasteiger charge is -2.28. The van der Waals surface area contributed by atoms with Crippen molar-refractivity contribution in [1.82, 2.24) is 0 Å². The largest absolute Gasteiger partial charge is 0.488 e. The van der Waals surface area contributed by atoms with E-state index in [0.717, 1.165) is 5.75 Å². The van der Waals surface area contributed by atoms with Gasteiger partial charge in [0.15, 0.2) is 0 Å². The molecular weight excluding hydrogens is 280 g/mol. The molecule has 0 saturated heterocycles. The highest BCUT2D eigenvalue weighted by Gasteiger charge is 2.23. The van der Waals surface area contributed by atoms with Gasteiger partial charge in [-0.05, 0) is 51.0 Å². The molecule has 0 radical (unpaired) electrons. The Hall–Kier alpha value is -1.76. The lowest BCUT2D eigenvalue weighted by Crippen LogP contribution is -2.23. The molecule has 0 N–H and O–H groups in total. The Bertz CT molecular complexity index is 522. The van der Waals surface area contributed by atoms with Gasteiger partial charge >= 0.3 is 0 Å². The van der Waals surface area contributed by atoms with E-state index in [1.165, 1.54) is 11.1 Å². The van der Waals surface area contributed by atoms with Crippen molar-refractivity contribution in [2.75, 3.05) is 0 Å². The van der Waals surface area contributed by atoms with Gasteiger partial charge in [-0.1, -0.05) is 70.7 Å². The van der Waals surface area contributed by atoms with E-state index in [2.05, 4.69) is 72.4 Å². The minimum Gasteiger partial charge on any atom is -0.488 e. The molecule has 128 valence electrons. The predicted molar refractivity (Wildman–Crippen MR) is 104 cm³/mol. The van der Waals surface area contributed by atoms with Crippen LogP contribution in [0.5, 0.6) is 5.75 Å². The molecular formula is C22H34O. The van der Waals surface area contributed by atoms with E-state index in [1.807, 2.05) is 32.1 Å². The summed E-state index contributed by atoms with van der Waals surface area (Å²) in [5.74, 6) is 0.908. The third-order valence-corrected chi connectivity index (χ3v) is 3.44. The third kappa shape index (κ3) is 6.90. The Labute approximate surface area is 143 Å². The number of allylic oxidation sites excluding steroid dienone is 5. The van der Waals surface area contributed by atoms with Gasteiger partial charge in [0.1, 0.15) is 11.4 Å². The van der Waals surface area contributed by atoms with Crippen LogP contribution in [0.1, 0.15) is 61.0 Å². The van der Waals surface area contributed by atoms with E-state index in [4.69, 9.17) is 4.74 Å². The van der Waals surface area contributed by atoms with Gasteiger partial charge in [-0.3, -0.25) is 0 Å². The maximum atomic E-state index is 5.88. The normalized spacial score (nSPS) is 12.6. The average Bonchev–Trinajstić information content (AvgIpc) is 2.49. The van der Waals surface area contributed by atoms with Gasteiger partial charge in [-0.15, -0.1) is 0 Å². The second-order valence-electron chi connectivity index (χ2n) is 6.70. The molecule has 0 unspecified atom stereocenters. The smallest absolute Gasteiger partial charge is 0.120 e. The first kappa shape index (κ1) is 21.2. The number of hydrogen-bond donors (Lipinski definition) is 0. The van der Waals surface area contributed by atoms with Crippen LogP contribution in [0.4, 0.5) is 0 Å². The minimum absolute atomic E-state index is 0.0471. The van der Waals surface area contributed by atoms with Gasteiger partial charge in [0.25, 0.3) is 0 Å². The summed E-state index contributed by atoms with van der Waals surface area (Å²) in [6.45, 7) is 20.4. The van der Waals surface area contributed by atoms with Crippen LogP contribution >= 0.6 is 0 Å². The van der Waals surface area contributed by atoms with E-state index < -0.39 is 0 Å². The van der Waals surface area contributed by atoms with Crippen molar-refractivity contribution < 1.29 is 4.74 Å². The van der Waals surface area contributed by atoms with Crippen LogP contribution in [-0.4, -0.2) is 5.60 Å². The molecule has 23 heavy (non-hydrogen) atoms. The SMILES string of the molecule is C=C/C=C\C(=C/C)C(C)(C)c1ccc(OC(C)(C)C)cc1.CC. The van der Waals surface area contributed by atoms with Crippen LogP contribution < -0.4 is 4.74 Å². The summed E-state index contributed by atoms with van der Waals surface area (Å²) in [5, 5.41) is 0. The first-order valence-corrected chi connectivity index (χ1v) is 8.46. The molecule has 0 saturated carbocycles. The van der Waals surface area contributed by atoms with Crippen molar-refractivity contribution in [3.05, 3.63) is 66.3 Å². The standard InChI is InChI=1S/C20H28O.C2H6/c1-8-10-11-16(9-2)20(6,7)17-12-14-18(15-13-17)21-19(3,4)5;1-2/h8-15H,1H2,2-7H3;1-2H3/b11-10-,16-9+;. The van der Waals surface area contributed by atoms with E-state index in [1.54, 1.807) is 6.08 Å². The van der Waals surface area contributed by atoms with Crippen LogP contribution in [0.25, 0.3) is 0 Å². The molecule has 0 heterocycles. The van der Waals surface area contributed by atoms with Gasteiger partial charge in [-0.25, -0.2) is 0 Å². The molecule has 0 atom stereocenters. The minimum atomic E-state index is -0.168. The summed E-state index contributed by atoms with van der Waals surface area (Å²) >= 11 is 0. The first-order valence-electron chi connectivity index (χ1n) is 8.46. The van der Waals surface area contributed by atoms with Gasteiger partial charge in [-0.2, -0.15) is 0 Å². The Kier molecular flexibility index (Phi) is 8.68. The van der Waals surface area contributed by atoms with Crippen LogP contribution in [-0.2, 0) is 5.41 Å². The molecule has 0 spiro atoms. The molecule has 0 amide bonds. The molecule has 0 fully saturated rings. The topological polar surface area (TPSA) is 9.23 Å². The maximum Gasteiger partial charge on any atom is 0.120 e. The fourth-order valence-electron chi connectivity index (χ4n) is 2.30. The summed E-state index contributed by atoms with van der Waals surface area (Å²) in [6.07, 6.45) is 8.06. The third-order valence-electron chi connectivity index (χ3n) is 3.44. The van der Waals surface area contributed by atoms with Crippen LogP contribution in [0.15, 0.2) is 60.7 Å². The zero-order chi connectivity index (χ0) is 18.1. The predicted octanol–water partition coefficient (Wildman–Crippen LogP) is 6.86. The summed E-state index contributed by atoms with van der Waals surface area (Å²) < 4.78 is 5.88. The van der Waals surface area contributed by atoms with Gasteiger partial charge in [0.2, 0.25) is 0 Å². The zero-order valence-corrected chi connectivity index (χ0v) is 16.2. The lowest BCUT2D eigenvalue weighted by atomic mass is 9.77. The van der Waals surface area contributed by atoms with E-state index >= 15 is 0 Å². The molecule has 0 aliphatic rings. The quantitative estimate of drug-likeness (QED) is 0.540. The molecule has 1 aromatic rings. The van der Waals surface area contributed by atoms with Crippen molar-refractivity contribution >= 4 is 0 Å².